The van der Waals surface area contributed by atoms with Crippen molar-refractivity contribution in [2.45, 2.75) is 18.9 Å². The summed E-state index contributed by atoms with van der Waals surface area (Å²) in [4.78, 5) is 0. The highest BCUT2D eigenvalue weighted by molar-refractivity contribution is 5.82. The number of hydrogen-bond acceptors (Lipinski definition) is 1. The minimum absolute atomic E-state index is 0.165. The van der Waals surface area contributed by atoms with Gasteiger partial charge in [-0.2, -0.15) is 0 Å². The molecule has 0 heterocycles. The molecule has 1 heteroatoms. The molecule has 3 rings (SSSR count). The minimum Gasteiger partial charge on any atom is -0.327 e. The van der Waals surface area contributed by atoms with E-state index in [1.807, 2.05) is 6.07 Å². The summed E-state index contributed by atoms with van der Waals surface area (Å²) in [5.74, 6) is 0. The summed E-state index contributed by atoms with van der Waals surface area (Å²) in [7, 11) is 0. The normalized spacial score (nSPS) is 12.4. The Morgan fingerprint density at radius 3 is 2.10 bits per heavy atom. The smallest absolute Gasteiger partial charge is 0.0120 e. The third-order valence-corrected chi connectivity index (χ3v) is 3.65. The number of nitrogens with two attached hydrogens (primary N) is 1. The van der Waals surface area contributed by atoms with Crippen molar-refractivity contribution in [3.63, 3.8) is 0 Å². The van der Waals surface area contributed by atoms with Crippen LogP contribution < -0.4 is 5.73 Å². The molecule has 0 aliphatic carbocycles. The van der Waals surface area contributed by atoms with Crippen molar-refractivity contribution in [2.75, 3.05) is 0 Å². The van der Waals surface area contributed by atoms with Crippen LogP contribution in [0.3, 0.4) is 0 Å². The second kappa shape index (κ2) is 5.89. The highest BCUT2D eigenvalue weighted by Gasteiger charge is 2.06. The molecule has 0 aromatic heterocycles. The highest BCUT2D eigenvalue weighted by Crippen LogP contribution is 2.17. The van der Waals surface area contributed by atoms with Crippen LogP contribution in [0.15, 0.2) is 72.8 Å². The maximum Gasteiger partial charge on any atom is 0.0120 e. The molecule has 0 aliphatic rings. The zero-order valence-electron chi connectivity index (χ0n) is 11.5. The van der Waals surface area contributed by atoms with Crippen LogP contribution in [0.2, 0.25) is 0 Å². The summed E-state index contributed by atoms with van der Waals surface area (Å²) in [6.07, 6.45) is 1.84. The zero-order valence-corrected chi connectivity index (χ0v) is 11.5. The van der Waals surface area contributed by atoms with E-state index in [1.165, 1.54) is 21.9 Å². The van der Waals surface area contributed by atoms with Crippen LogP contribution in [0.4, 0.5) is 0 Å². The van der Waals surface area contributed by atoms with E-state index in [0.29, 0.717) is 0 Å². The van der Waals surface area contributed by atoms with Gasteiger partial charge < -0.3 is 5.73 Å². The van der Waals surface area contributed by atoms with Crippen LogP contribution in [-0.4, -0.2) is 6.04 Å². The fraction of sp³-hybridized carbons (Fsp3) is 0.158. The zero-order chi connectivity index (χ0) is 13.8. The lowest BCUT2D eigenvalue weighted by atomic mass is 9.98. The molecule has 1 nitrogen and oxygen atoms in total. The van der Waals surface area contributed by atoms with E-state index in [1.54, 1.807) is 0 Å². The van der Waals surface area contributed by atoms with Gasteiger partial charge in [0.2, 0.25) is 0 Å². The van der Waals surface area contributed by atoms with Crippen molar-refractivity contribution in [2.24, 2.45) is 5.73 Å². The first-order chi connectivity index (χ1) is 9.81. The Morgan fingerprint density at radius 1 is 0.650 bits per heavy atom. The molecule has 1 unspecified atom stereocenters. The molecule has 0 saturated heterocycles. The van der Waals surface area contributed by atoms with Gasteiger partial charge in [-0.05, 0) is 34.7 Å². The van der Waals surface area contributed by atoms with Gasteiger partial charge in [0, 0.05) is 6.04 Å². The molecule has 3 aromatic carbocycles. The lowest BCUT2D eigenvalue weighted by Crippen LogP contribution is -2.25. The van der Waals surface area contributed by atoms with Crippen LogP contribution in [0.1, 0.15) is 11.1 Å². The predicted octanol–water partition coefficient (Wildman–Crippen LogP) is 3.95. The van der Waals surface area contributed by atoms with E-state index in [-0.39, 0.29) is 6.04 Å². The van der Waals surface area contributed by atoms with Crippen molar-refractivity contribution < 1.29 is 0 Å². The van der Waals surface area contributed by atoms with Gasteiger partial charge >= 0.3 is 0 Å². The number of rotatable bonds is 4. The molecule has 2 N–H and O–H groups in total. The Bertz CT molecular complexity index is 688. The Labute approximate surface area is 120 Å². The highest BCUT2D eigenvalue weighted by atomic mass is 14.6. The van der Waals surface area contributed by atoms with E-state index in [2.05, 4.69) is 66.7 Å². The molecule has 0 amide bonds. The van der Waals surface area contributed by atoms with Crippen LogP contribution in [-0.2, 0) is 12.8 Å². The van der Waals surface area contributed by atoms with Crippen molar-refractivity contribution >= 4 is 10.8 Å². The quantitative estimate of drug-likeness (QED) is 0.756. The molecular formula is C19H19N. The second-order valence-corrected chi connectivity index (χ2v) is 5.34. The maximum atomic E-state index is 6.28. The van der Waals surface area contributed by atoms with E-state index < -0.39 is 0 Å². The number of fused-ring (bicyclic) bond motifs is 1. The molecule has 100 valence electrons. The van der Waals surface area contributed by atoms with Crippen molar-refractivity contribution in [1.29, 1.82) is 0 Å². The molecule has 0 aliphatic heterocycles. The molecule has 0 fully saturated rings. The van der Waals surface area contributed by atoms with E-state index >= 15 is 0 Å². The van der Waals surface area contributed by atoms with Gasteiger partial charge in [0.15, 0.2) is 0 Å². The van der Waals surface area contributed by atoms with Gasteiger partial charge in [0.05, 0.1) is 0 Å². The Kier molecular flexibility index (Phi) is 3.80. The standard InChI is InChI=1S/C19H19N/c20-19(13-15-6-2-1-3-7-15)14-16-10-11-17-8-4-5-9-18(17)12-16/h1-12,19H,13-14,20H2. The first-order valence-electron chi connectivity index (χ1n) is 7.08. The van der Waals surface area contributed by atoms with Crippen molar-refractivity contribution in [1.82, 2.24) is 0 Å². The van der Waals surface area contributed by atoms with Gasteiger partial charge in [0.1, 0.15) is 0 Å². The van der Waals surface area contributed by atoms with Crippen molar-refractivity contribution in [3.05, 3.63) is 83.9 Å². The molecule has 0 saturated carbocycles. The fourth-order valence-electron chi connectivity index (χ4n) is 2.66. The topological polar surface area (TPSA) is 26.0 Å². The average molecular weight is 261 g/mol. The van der Waals surface area contributed by atoms with Crippen LogP contribution in [0, 0.1) is 0 Å². The lowest BCUT2D eigenvalue weighted by molar-refractivity contribution is 0.665. The Balaban J connectivity index is 1.72. The molecule has 0 bridgehead atoms. The van der Waals surface area contributed by atoms with Crippen LogP contribution in [0.25, 0.3) is 10.8 Å². The van der Waals surface area contributed by atoms with Gasteiger partial charge in [-0.25, -0.2) is 0 Å². The van der Waals surface area contributed by atoms with Crippen molar-refractivity contribution in [3.8, 4) is 0 Å². The molecule has 1 atom stereocenters. The Morgan fingerprint density at radius 2 is 1.30 bits per heavy atom. The van der Waals surface area contributed by atoms with Gasteiger partial charge in [-0.3, -0.25) is 0 Å². The molecule has 0 radical (unpaired) electrons. The predicted molar refractivity (Wildman–Crippen MR) is 85.8 cm³/mol. The van der Waals surface area contributed by atoms with E-state index in [4.69, 9.17) is 5.73 Å². The maximum absolute atomic E-state index is 6.28. The molecule has 0 spiro atoms. The second-order valence-electron chi connectivity index (χ2n) is 5.34. The summed E-state index contributed by atoms with van der Waals surface area (Å²) in [6, 6.07) is 25.7. The first-order valence-corrected chi connectivity index (χ1v) is 7.08. The van der Waals surface area contributed by atoms with Gasteiger partial charge in [0.25, 0.3) is 0 Å². The summed E-state index contributed by atoms with van der Waals surface area (Å²) in [6.45, 7) is 0. The van der Waals surface area contributed by atoms with Crippen LogP contribution in [0.5, 0.6) is 0 Å². The average Bonchev–Trinajstić information content (AvgIpc) is 2.48. The number of benzene rings is 3. The summed E-state index contributed by atoms with van der Waals surface area (Å²) in [5, 5.41) is 2.57. The third-order valence-electron chi connectivity index (χ3n) is 3.65. The van der Waals surface area contributed by atoms with Gasteiger partial charge in [-0.1, -0.05) is 72.8 Å². The number of hydrogen-bond donors (Lipinski definition) is 1. The molecular weight excluding hydrogens is 242 g/mol. The summed E-state index contributed by atoms with van der Waals surface area (Å²) in [5.41, 5.74) is 8.90. The molecule has 20 heavy (non-hydrogen) atoms. The minimum atomic E-state index is 0.165. The summed E-state index contributed by atoms with van der Waals surface area (Å²) >= 11 is 0. The third kappa shape index (κ3) is 3.06. The van der Waals surface area contributed by atoms with E-state index in [9.17, 15) is 0 Å². The van der Waals surface area contributed by atoms with E-state index in [0.717, 1.165) is 12.8 Å². The Hall–Kier alpha value is -2.12. The SMILES string of the molecule is NC(Cc1ccccc1)Cc1ccc2ccccc2c1. The lowest BCUT2D eigenvalue weighted by Gasteiger charge is -2.12. The van der Waals surface area contributed by atoms with Crippen LogP contribution >= 0.6 is 0 Å². The monoisotopic (exact) mass is 261 g/mol. The summed E-state index contributed by atoms with van der Waals surface area (Å²) < 4.78 is 0. The fourth-order valence-corrected chi connectivity index (χ4v) is 2.66. The first kappa shape index (κ1) is 12.9. The largest absolute Gasteiger partial charge is 0.327 e. The molecule has 3 aromatic rings. The van der Waals surface area contributed by atoms with Gasteiger partial charge in [-0.15, -0.1) is 0 Å².